The lowest BCUT2D eigenvalue weighted by molar-refractivity contribution is -0.384. The number of carbonyl (C=O) groups excluding carboxylic acids is 3. The molecule has 2 fully saturated rings. The topological polar surface area (TPSA) is 129 Å². The molecule has 36 heavy (non-hydrogen) atoms. The number of hydrogen-bond donors (Lipinski definition) is 0. The Morgan fingerprint density at radius 3 is 2.67 bits per heavy atom. The second-order valence-corrected chi connectivity index (χ2v) is 8.88. The van der Waals surface area contributed by atoms with Gasteiger partial charge in [-0.1, -0.05) is 18.2 Å². The number of hydrogen-bond acceptors (Lipinski definition) is 9. The molecule has 0 aromatic heterocycles. The second-order valence-electron chi connectivity index (χ2n) is 7.89. The summed E-state index contributed by atoms with van der Waals surface area (Å²) in [5.41, 5.74) is 1.19. The van der Waals surface area contributed by atoms with E-state index in [0.29, 0.717) is 48.9 Å². The Balaban J connectivity index is 1.43. The number of rotatable bonds is 8. The number of imide groups is 1. The molecule has 2 saturated heterocycles. The third-order valence-corrected chi connectivity index (χ3v) is 6.44. The minimum absolute atomic E-state index is 0.0287. The second kappa shape index (κ2) is 11.2. The third-order valence-electron chi connectivity index (χ3n) is 5.53. The van der Waals surface area contributed by atoms with Gasteiger partial charge >= 0.3 is 0 Å². The Hall–Kier alpha value is -3.90. The van der Waals surface area contributed by atoms with Gasteiger partial charge in [-0.3, -0.25) is 29.4 Å². The number of non-ortho nitro benzene ring substituents is 1. The van der Waals surface area contributed by atoms with Crippen LogP contribution in [0.25, 0.3) is 6.08 Å². The van der Waals surface area contributed by atoms with Crippen LogP contribution >= 0.6 is 11.8 Å². The van der Waals surface area contributed by atoms with Gasteiger partial charge in [0.05, 0.1) is 30.2 Å². The Morgan fingerprint density at radius 1 is 1.17 bits per heavy atom. The molecule has 0 saturated carbocycles. The summed E-state index contributed by atoms with van der Waals surface area (Å²) >= 11 is 0.770. The van der Waals surface area contributed by atoms with Gasteiger partial charge in [-0.05, 0) is 41.1 Å². The normalized spacial score (nSPS) is 17.0. The van der Waals surface area contributed by atoms with E-state index < -0.39 is 16.1 Å². The Labute approximate surface area is 210 Å². The van der Waals surface area contributed by atoms with Gasteiger partial charge in [-0.25, -0.2) is 0 Å². The molecule has 12 heteroatoms. The number of thioether (sulfide) groups is 1. The van der Waals surface area contributed by atoms with Crippen LogP contribution in [0.5, 0.6) is 11.5 Å². The molecule has 0 bridgehead atoms. The number of nitrogens with zero attached hydrogens (tertiary/aromatic N) is 3. The van der Waals surface area contributed by atoms with Crippen molar-refractivity contribution >= 4 is 40.6 Å². The number of methoxy groups -OCH3 is 1. The van der Waals surface area contributed by atoms with E-state index in [4.69, 9.17) is 14.2 Å². The maximum absolute atomic E-state index is 12.8. The van der Waals surface area contributed by atoms with Crippen LogP contribution in [-0.2, 0) is 20.9 Å². The van der Waals surface area contributed by atoms with Gasteiger partial charge in [0.2, 0.25) is 5.91 Å². The summed E-state index contributed by atoms with van der Waals surface area (Å²) in [5.74, 6) is -0.0355. The molecular weight excluding hydrogens is 490 g/mol. The van der Waals surface area contributed by atoms with E-state index in [1.165, 1.54) is 19.2 Å². The molecule has 2 aromatic rings. The van der Waals surface area contributed by atoms with Crippen LogP contribution in [0, 0.1) is 10.1 Å². The zero-order valence-electron chi connectivity index (χ0n) is 19.4. The minimum atomic E-state index is -0.531. The van der Waals surface area contributed by atoms with Gasteiger partial charge in [-0.15, -0.1) is 0 Å². The van der Waals surface area contributed by atoms with E-state index in [1.54, 1.807) is 41.3 Å². The molecule has 0 N–H and O–H groups in total. The standard InChI is InChI=1S/C24H23N3O8S/c1-33-20-12-16(5-6-19(20)35-15-17-3-2-4-18(11-17)27(31)32)13-21-23(29)26(24(30)36-21)14-22(28)25-7-9-34-10-8-25/h2-6,11-13H,7-10,14-15H2,1H3/b21-13+. The molecule has 0 spiro atoms. The van der Waals surface area contributed by atoms with E-state index >= 15 is 0 Å². The average molecular weight is 514 g/mol. The maximum Gasteiger partial charge on any atom is 0.294 e. The minimum Gasteiger partial charge on any atom is -0.493 e. The monoisotopic (exact) mass is 513 g/mol. The molecule has 0 atom stereocenters. The van der Waals surface area contributed by atoms with Crippen LogP contribution in [0.15, 0.2) is 47.4 Å². The van der Waals surface area contributed by atoms with Crippen molar-refractivity contribution in [2.75, 3.05) is 40.0 Å². The van der Waals surface area contributed by atoms with Gasteiger partial charge in [0.25, 0.3) is 16.8 Å². The van der Waals surface area contributed by atoms with E-state index in [-0.39, 0.29) is 29.7 Å². The molecule has 0 unspecified atom stereocenters. The number of morpholine rings is 1. The van der Waals surface area contributed by atoms with Crippen molar-refractivity contribution in [1.82, 2.24) is 9.80 Å². The van der Waals surface area contributed by atoms with Gasteiger partial charge in [0.1, 0.15) is 13.2 Å². The fourth-order valence-corrected chi connectivity index (χ4v) is 4.49. The summed E-state index contributed by atoms with van der Waals surface area (Å²) in [5, 5.41) is 10.5. The highest BCUT2D eigenvalue weighted by Crippen LogP contribution is 2.35. The smallest absolute Gasteiger partial charge is 0.294 e. The predicted octanol–water partition coefficient (Wildman–Crippen LogP) is 3.08. The first-order valence-electron chi connectivity index (χ1n) is 11.0. The SMILES string of the molecule is COc1cc(/C=C2/SC(=O)N(CC(=O)N3CCOCC3)C2=O)ccc1OCc1cccc([N+](=O)[O-])c1. The lowest BCUT2D eigenvalue weighted by atomic mass is 10.1. The molecule has 2 aliphatic heterocycles. The predicted molar refractivity (Wildman–Crippen MR) is 130 cm³/mol. The van der Waals surface area contributed by atoms with E-state index in [1.807, 2.05) is 0 Å². The fourth-order valence-electron chi connectivity index (χ4n) is 3.65. The van der Waals surface area contributed by atoms with Crippen LogP contribution in [0.3, 0.4) is 0 Å². The molecule has 0 radical (unpaired) electrons. The van der Waals surface area contributed by atoms with Gasteiger partial charge < -0.3 is 19.1 Å². The number of nitro benzene ring substituents is 1. The Morgan fingerprint density at radius 2 is 1.94 bits per heavy atom. The first-order valence-corrected chi connectivity index (χ1v) is 11.8. The fraction of sp³-hybridized carbons (Fsp3) is 0.292. The van der Waals surface area contributed by atoms with Crippen LogP contribution in [0.2, 0.25) is 0 Å². The Bertz CT molecular complexity index is 1230. The van der Waals surface area contributed by atoms with Gasteiger partial charge in [0, 0.05) is 25.2 Å². The van der Waals surface area contributed by atoms with Crippen molar-refractivity contribution in [1.29, 1.82) is 0 Å². The summed E-state index contributed by atoms with van der Waals surface area (Å²) in [6, 6.07) is 11.1. The van der Waals surface area contributed by atoms with Crippen LogP contribution in [-0.4, -0.2) is 71.7 Å². The van der Waals surface area contributed by atoms with Crippen molar-refractivity contribution in [2.45, 2.75) is 6.61 Å². The first kappa shape index (κ1) is 25.2. The molecular formula is C24H23N3O8S. The first-order chi connectivity index (χ1) is 17.4. The van der Waals surface area contributed by atoms with Crippen molar-refractivity contribution in [2.24, 2.45) is 0 Å². The van der Waals surface area contributed by atoms with Gasteiger partial charge in [-0.2, -0.15) is 0 Å². The Kier molecular flexibility index (Phi) is 7.86. The highest BCUT2D eigenvalue weighted by molar-refractivity contribution is 8.18. The van der Waals surface area contributed by atoms with Crippen LogP contribution in [0.4, 0.5) is 10.5 Å². The van der Waals surface area contributed by atoms with Crippen molar-refractivity contribution < 1.29 is 33.5 Å². The number of amides is 3. The zero-order valence-corrected chi connectivity index (χ0v) is 20.2. The average Bonchev–Trinajstić information content (AvgIpc) is 3.15. The maximum atomic E-state index is 12.8. The van der Waals surface area contributed by atoms with Crippen molar-refractivity contribution in [3.05, 3.63) is 68.6 Å². The molecule has 2 heterocycles. The molecule has 2 aliphatic rings. The molecule has 2 aromatic carbocycles. The lowest BCUT2D eigenvalue weighted by Crippen LogP contribution is -2.46. The van der Waals surface area contributed by atoms with E-state index in [2.05, 4.69) is 0 Å². The summed E-state index contributed by atoms with van der Waals surface area (Å²) in [6.45, 7) is 1.50. The lowest BCUT2D eigenvalue weighted by Gasteiger charge is -2.28. The molecule has 11 nitrogen and oxygen atoms in total. The quantitative estimate of drug-likeness (QED) is 0.297. The highest BCUT2D eigenvalue weighted by atomic mass is 32.2. The van der Waals surface area contributed by atoms with E-state index in [9.17, 15) is 24.5 Å². The number of ether oxygens (including phenoxy) is 3. The zero-order chi connectivity index (χ0) is 25.7. The summed E-state index contributed by atoms with van der Waals surface area (Å²) in [4.78, 5) is 50.9. The number of carbonyl (C=O) groups is 3. The molecule has 3 amide bonds. The van der Waals surface area contributed by atoms with Crippen molar-refractivity contribution in [3.8, 4) is 11.5 Å². The molecule has 0 aliphatic carbocycles. The summed E-state index contributed by atoms with van der Waals surface area (Å²) in [6.07, 6.45) is 1.55. The van der Waals surface area contributed by atoms with Crippen LogP contribution < -0.4 is 9.47 Å². The number of benzene rings is 2. The molecule has 4 rings (SSSR count). The third kappa shape index (κ3) is 5.83. The van der Waals surface area contributed by atoms with Gasteiger partial charge in [0.15, 0.2) is 11.5 Å². The van der Waals surface area contributed by atoms with Crippen LogP contribution in [0.1, 0.15) is 11.1 Å². The summed E-state index contributed by atoms with van der Waals surface area (Å²) in [7, 11) is 1.46. The highest BCUT2D eigenvalue weighted by Gasteiger charge is 2.37. The molecule has 188 valence electrons. The van der Waals surface area contributed by atoms with Crippen molar-refractivity contribution in [3.63, 3.8) is 0 Å². The largest absolute Gasteiger partial charge is 0.493 e. The van der Waals surface area contributed by atoms with E-state index in [0.717, 1.165) is 16.7 Å². The summed E-state index contributed by atoms with van der Waals surface area (Å²) < 4.78 is 16.4. The number of nitro groups is 1.